The van der Waals surface area contributed by atoms with Crippen LogP contribution in [0.5, 0.6) is 0 Å². The van der Waals surface area contributed by atoms with Crippen molar-refractivity contribution in [2.75, 3.05) is 44.9 Å². The molecule has 0 radical (unpaired) electrons. The number of ether oxygens (including phenoxy) is 1. The van der Waals surface area contributed by atoms with Crippen LogP contribution in [0.1, 0.15) is 19.6 Å². The van der Waals surface area contributed by atoms with E-state index in [-0.39, 0.29) is 18.9 Å². The molecular weight excluding hydrogens is 334 g/mol. The number of sulfone groups is 1. The highest BCUT2D eigenvalue weighted by Gasteiger charge is 2.25. The van der Waals surface area contributed by atoms with Gasteiger partial charge in [0.2, 0.25) is 0 Å². The standard InChI is InChI=1S/C15H27N3O5S/c1-4-16-14(17-7-9-22-10-11-24(3,20)21)18-12-15(2,19)13-6-5-8-23-13/h5-6,8,19H,4,7,9-12H2,1-3H3,(H2,16,17,18). The molecule has 138 valence electrons. The number of nitrogens with zero attached hydrogens (tertiary/aromatic N) is 1. The molecule has 1 aromatic heterocycles. The van der Waals surface area contributed by atoms with Gasteiger partial charge in [-0.05, 0) is 26.0 Å². The molecule has 9 heteroatoms. The Morgan fingerprint density at radius 3 is 2.75 bits per heavy atom. The summed E-state index contributed by atoms with van der Waals surface area (Å²) in [6.45, 7) is 5.36. The van der Waals surface area contributed by atoms with Gasteiger partial charge in [0.25, 0.3) is 0 Å². The molecule has 3 N–H and O–H groups in total. The van der Waals surface area contributed by atoms with Crippen molar-refractivity contribution in [3.63, 3.8) is 0 Å². The van der Waals surface area contributed by atoms with E-state index in [0.29, 0.717) is 31.4 Å². The highest BCUT2D eigenvalue weighted by Crippen LogP contribution is 2.20. The number of rotatable bonds is 10. The number of hydrogen-bond donors (Lipinski definition) is 3. The maximum atomic E-state index is 11.0. The molecular formula is C15H27N3O5S. The first-order chi connectivity index (χ1) is 11.2. The quantitative estimate of drug-likeness (QED) is 0.308. The molecule has 1 unspecified atom stereocenters. The van der Waals surface area contributed by atoms with Gasteiger partial charge in [0.1, 0.15) is 21.2 Å². The summed E-state index contributed by atoms with van der Waals surface area (Å²) in [6.07, 6.45) is 2.68. The fourth-order valence-corrected chi connectivity index (χ4v) is 2.21. The Balaban J connectivity index is 2.40. The van der Waals surface area contributed by atoms with Crippen LogP contribution >= 0.6 is 0 Å². The van der Waals surface area contributed by atoms with Gasteiger partial charge >= 0.3 is 0 Å². The Bertz CT molecular complexity index is 597. The Morgan fingerprint density at radius 1 is 1.42 bits per heavy atom. The van der Waals surface area contributed by atoms with Crippen molar-refractivity contribution in [1.82, 2.24) is 10.6 Å². The van der Waals surface area contributed by atoms with Gasteiger partial charge in [-0.2, -0.15) is 0 Å². The average Bonchev–Trinajstić information content (AvgIpc) is 3.02. The van der Waals surface area contributed by atoms with Gasteiger partial charge in [-0.15, -0.1) is 0 Å². The lowest BCUT2D eigenvalue weighted by molar-refractivity contribution is 0.0437. The van der Waals surface area contributed by atoms with E-state index in [1.54, 1.807) is 19.1 Å². The highest BCUT2D eigenvalue weighted by atomic mass is 32.2. The van der Waals surface area contributed by atoms with E-state index in [1.807, 2.05) is 6.92 Å². The van der Waals surface area contributed by atoms with Crippen molar-refractivity contribution < 1.29 is 22.7 Å². The summed E-state index contributed by atoms with van der Waals surface area (Å²) in [6, 6.07) is 3.41. The van der Waals surface area contributed by atoms with Crippen LogP contribution in [0, 0.1) is 0 Å². The van der Waals surface area contributed by atoms with E-state index in [0.717, 1.165) is 0 Å². The predicted molar refractivity (Wildman–Crippen MR) is 92.8 cm³/mol. The molecule has 0 fully saturated rings. The van der Waals surface area contributed by atoms with Crippen LogP contribution in [-0.4, -0.2) is 64.3 Å². The van der Waals surface area contributed by atoms with Gasteiger partial charge in [0, 0.05) is 19.3 Å². The first-order valence-corrected chi connectivity index (χ1v) is 9.84. The van der Waals surface area contributed by atoms with Crippen molar-refractivity contribution in [2.45, 2.75) is 19.4 Å². The minimum Gasteiger partial charge on any atom is -0.466 e. The van der Waals surface area contributed by atoms with E-state index in [4.69, 9.17) is 9.15 Å². The molecule has 1 rings (SSSR count). The molecule has 0 amide bonds. The molecule has 0 aliphatic carbocycles. The topological polar surface area (TPSA) is 113 Å². The summed E-state index contributed by atoms with van der Waals surface area (Å²) in [5.41, 5.74) is -1.20. The van der Waals surface area contributed by atoms with Gasteiger partial charge in [-0.1, -0.05) is 0 Å². The molecule has 1 atom stereocenters. The monoisotopic (exact) mass is 361 g/mol. The van der Waals surface area contributed by atoms with Gasteiger partial charge in [-0.25, -0.2) is 13.4 Å². The zero-order chi connectivity index (χ0) is 18.1. The number of aliphatic imine (C=N–C) groups is 1. The van der Waals surface area contributed by atoms with Crippen LogP contribution in [0.25, 0.3) is 0 Å². The van der Waals surface area contributed by atoms with E-state index in [9.17, 15) is 13.5 Å². The third kappa shape index (κ3) is 8.32. The lowest BCUT2D eigenvalue weighted by Crippen LogP contribution is -2.40. The number of furan rings is 1. The Labute approximate surface area is 143 Å². The van der Waals surface area contributed by atoms with Gasteiger partial charge in [-0.3, -0.25) is 0 Å². The lowest BCUT2D eigenvalue weighted by atomic mass is 10.0. The number of nitrogens with one attached hydrogen (secondary N) is 2. The van der Waals surface area contributed by atoms with Crippen molar-refractivity contribution >= 4 is 15.8 Å². The Morgan fingerprint density at radius 2 is 2.17 bits per heavy atom. The van der Waals surface area contributed by atoms with Crippen LogP contribution in [0.15, 0.2) is 27.8 Å². The van der Waals surface area contributed by atoms with Crippen molar-refractivity contribution in [2.24, 2.45) is 4.99 Å². The second-order valence-electron chi connectivity index (χ2n) is 5.62. The van der Waals surface area contributed by atoms with Crippen LogP contribution in [0.2, 0.25) is 0 Å². The molecule has 0 aliphatic heterocycles. The first-order valence-electron chi connectivity index (χ1n) is 7.78. The SMILES string of the molecule is CCNC(=NCC(C)(O)c1ccco1)NCCOCCS(C)(=O)=O. The second-order valence-corrected chi connectivity index (χ2v) is 7.88. The summed E-state index contributed by atoms with van der Waals surface area (Å²) in [5, 5.41) is 16.5. The highest BCUT2D eigenvalue weighted by molar-refractivity contribution is 7.90. The molecule has 0 spiro atoms. The van der Waals surface area contributed by atoms with Crippen LogP contribution in [-0.2, 0) is 20.2 Å². The van der Waals surface area contributed by atoms with E-state index < -0.39 is 15.4 Å². The molecule has 0 bridgehead atoms. The van der Waals surface area contributed by atoms with Crippen LogP contribution in [0.4, 0.5) is 0 Å². The average molecular weight is 361 g/mol. The summed E-state index contributed by atoms with van der Waals surface area (Å²) >= 11 is 0. The van der Waals surface area contributed by atoms with Crippen molar-refractivity contribution in [3.05, 3.63) is 24.2 Å². The molecule has 8 nitrogen and oxygen atoms in total. The summed E-state index contributed by atoms with van der Waals surface area (Å²) < 4.78 is 32.4. The number of guanidine groups is 1. The normalized spacial score (nSPS) is 15.1. The minimum absolute atomic E-state index is 0.00711. The predicted octanol–water partition coefficient (Wildman–Crippen LogP) is 0.103. The smallest absolute Gasteiger partial charge is 0.191 e. The maximum Gasteiger partial charge on any atom is 0.191 e. The molecule has 1 heterocycles. The summed E-state index contributed by atoms with van der Waals surface area (Å²) in [5.74, 6) is 0.995. The van der Waals surface area contributed by atoms with Crippen molar-refractivity contribution in [1.29, 1.82) is 0 Å². The Hall–Kier alpha value is -1.58. The first kappa shape index (κ1) is 20.5. The fourth-order valence-electron chi connectivity index (χ4n) is 1.79. The van der Waals surface area contributed by atoms with Crippen LogP contribution < -0.4 is 10.6 Å². The third-order valence-electron chi connectivity index (χ3n) is 3.08. The van der Waals surface area contributed by atoms with Crippen molar-refractivity contribution in [3.8, 4) is 0 Å². The lowest BCUT2D eigenvalue weighted by Gasteiger charge is -2.19. The van der Waals surface area contributed by atoms with E-state index in [1.165, 1.54) is 12.5 Å². The fraction of sp³-hybridized carbons (Fsp3) is 0.667. The Kier molecular flexibility index (Phi) is 8.23. The molecule has 0 saturated carbocycles. The molecule has 0 aliphatic rings. The summed E-state index contributed by atoms with van der Waals surface area (Å²) in [7, 11) is -3.00. The minimum atomic E-state index is -3.00. The zero-order valence-corrected chi connectivity index (χ0v) is 15.2. The van der Waals surface area contributed by atoms with Gasteiger partial charge in [0.15, 0.2) is 5.96 Å². The molecule has 24 heavy (non-hydrogen) atoms. The second kappa shape index (κ2) is 9.65. The van der Waals surface area contributed by atoms with E-state index >= 15 is 0 Å². The van der Waals surface area contributed by atoms with Gasteiger partial charge < -0.3 is 24.9 Å². The molecule has 0 aromatic carbocycles. The summed E-state index contributed by atoms with van der Waals surface area (Å²) in [4.78, 5) is 4.33. The third-order valence-corrected chi connectivity index (χ3v) is 3.99. The largest absolute Gasteiger partial charge is 0.466 e. The number of hydrogen-bond acceptors (Lipinski definition) is 6. The molecule has 0 saturated heterocycles. The van der Waals surface area contributed by atoms with Crippen LogP contribution in [0.3, 0.4) is 0 Å². The van der Waals surface area contributed by atoms with E-state index in [2.05, 4.69) is 15.6 Å². The number of aliphatic hydroxyl groups is 1. The molecule has 1 aromatic rings. The maximum absolute atomic E-state index is 11.0. The van der Waals surface area contributed by atoms with Gasteiger partial charge in [0.05, 0.1) is 31.8 Å². The zero-order valence-electron chi connectivity index (χ0n) is 14.4.